The molecule has 0 aromatic heterocycles. The maximum absolute atomic E-state index is 12.6. The minimum Gasteiger partial charge on any atom is -0.365 e. The molecule has 0 bridgehead atoms. The van der Waals surface area contributed by atoms with Crippen LogP contribution in [0.3, 0.4) is 0 Å². The molecule has 136 valence electrons. The molecule has 3 rings (SSSR count). The molecule has 1 spiro atoms. The number of benzene rings is 1. The van der Waals surface area contributed by atoms with Crippen LogP contribution in [0.1, 0.15) is 32.6 Å². The molecule has 0 aliphatic carbocycles. The Hall–Kier alpha value is -2.04. The summed E-state index contributed by atoms with van der Waals surface area (Å²) in [6.45, 7) is 5.76. The van der Waals surface area contributed by atoms with Gasteiger partial charge in [0.05, 0.1) is 6.54 Å². The maximum Gasteiger partial charge on any atom is 0.242 e. The topological polar surface area (TPSA) is 43.9 Å². The van der Waals surface area contributed by atoms with Crippen LogP contribution in [0.5, 0.6) is 0 Å². The average molecular weight is 343 g/mol. The van der Waals surface area contributed by atoms with E-state index in [-0.39, 0.29) is 17.2 Å². The predicted molar refractivity (Wildman–Crippen MR) is 99.4 cm³/mol. The van der Waals surface area contributed by atoms with E-state index < -0.39 is 0 Å². The minimum atomic E-state index is 0.195. The molecule has 25 heavy (non-hydrogen) atoms. The second-order valence-corrected chi connectivity index (χ2v) is 7.48. The Labute approximate surface area is 150 Å². The number of nitrogens with zero attached hydrogens (tertiary/aromatic N) is 3. The van der Waals surface area contributed by atoms with Crippen molar-refractivity contribution in [3.63, 3.8) is 0 Å². The number of para-hydroxylation sites is 1. The van der Waals surface area contributed by atoms with Crippen LogP contribution in [0.25, 0.3) is 0 Å². The normalized spacial score (nSPS) is 20.0. The summed E-state index contributed by atoms with van der Waals surface area (Å²) in [6, 6.07) is 10.0. The molecular formula is C20H29N3O2. The van der Waals surface area contributed by atoms with Crippen LogP contribution in [0, 0.1) is 5.41 Å². The Bertz CT molecular complexity index is 609. The quantitative estimate of drug-likeness (QED) is 0.843. The Balaban J connectivity index is 1.53. The van der Waals surface area contributed by atoms with Crippen LogP contribution < -0.4 is 4.90 Å². The smallest absolute Gasteiger partial charge is 0.242 e. The van der Waals surface area contributed by atoms with Crippen molar-refractivity contribution in [3.8, 4) is 0 Å². The summed E-state index contributed by atoms with van der Waals surface area (Å²) >= 11 is 0. The van der Waals surface area contributed by atoms with Gasteiger partial charge in [-0.15, -0.1) is 0 Å². The van der Waals surface area contributed by atoms with Crippen LogP contribution in [0.15, 0.2) is 30.3 Å². The highest BCUT2D eigenvalue weighted by molar-refractivity contribution is 5.81. The SMILES string of the molecule is CCN1CC2(CCC1=O)CCN(C(=O)CN(C)c1ccccc1)CC2. The monoisotopic (exact) mass is 343 g/mol. The molecule has 0 N–H and O–H groups in total. The number of amides is 2. The second kappa shape index (κ2) is 7.46. The van der Waals surface area contributed by atoms with Crippen molar-refractivity contribution in [2.24, 2.45) is 5.41 Å². The van der Waals surface area contributed by atoms with E-state index in [2.05, 4.69) is 6.92 Å². The van der Waals surface area contributed by atoms with Crippen molar-refractivity contribution >= 4 is 17.5 Å². The molecule has 2 fully saturated rings. The second-order valence-electron chi connectivity index (χ2n) is 7.48. The van der Waals surface area contributed by atoms with Crippen molar-refractivity contribution in [3.05, 3.63) is 30.3 Å². The van der Waals surface area contributed by atoms with Gasteiger partial charge in [-0.25, -0.2) is 0 Å². The van der Waals surface area contributed by atoms with Gasteiger partial charge in [0.1, 0.15) is 0 Å². The first kappa shape index (κ1) is 17.8. The maximum atomic E-state index is 12.6. The van der Waals surface area contributed by atoms with Crippen molar-refractivity contribution in [1.29, 1.82) is 0 Å². The molecule has 0 atom stereocenters. The largest absolute Gasteiger partial charge is 0.365 e. The Kier molecular flexibility index (Phi) is 5.30. The van der Waals surface area contributed by atoms with E-state index in [0.717, 1.165) is 51.1 Å². The first-order valence-corrected chi connectivity index (χ1v) is 9.35. The van der Waals surface area contributed by atoms with Crippen molar-refractivity contribution in [2.75, 3.05) is 44.7 Å². The third kappa shape index (κ3) is 3.97. The third-order valence-corrected chi connectivity index (χ3v) is 5.88. The van der Waals surface area contributed by atoms with Gasteiger partial charge < -0.3 is 14.7 Å². The van der Waals surface area contributed by atoms with Gasteiger partial charge in [-0.3, -0.25) is 9.59 Å². The molecule has 5 heteroatoms. The van der Waals surface area contributed by atoms with E-state index in [0.29, 0.717) is 13.0 Å². The molecule has 2 aliphatic rings. The average Bonchev–Trinajstić information content (AvgIpc) is 2.65. The Morgan fingerprint density at radius 3 is 2.48 bits per heavy atom. The lowest BCUT2D eigenvalue weighted by Gasteiger charge is -2.47. The summed E-state index contributed by atoms with van der Waals surface area (Å²) in [5.41, 5.74) is 1.29. The van der Waals surface area contributed by atoms with Gasteiger partial charge in [0.2, 0.25) is 11.8 Å². The van der Waals surface area contributed by atoms with Gasteiger partial charge in [-0.05, 0) is 43.7 Å². The molecule has 0 unspecified atom stereocenters. The fourth-order valence-electron chi connectivity index (χ4n) is 4.11. The van der Waals surface area contributed by atoms with E-state index in [4.69, 9.17) is 0 Å². The van der Waals surface area contributed by atoms with Crippen LogP contribution in [0.4, 0.5) is 5.69 Å². The summed E-state index contributed by atoms with van der Waals surface area (Å²) in [7, 11) is 1.96. The van der Waals surface area contributed by atoms with E-state index in [9.17, 15) is 9.59 Å². The number of piperidine rings is 2. The van der Waals surface area contributed by atoms with Crippen LogP contribution >= 0.6 is 0 Å². The number of hydrogen-bond donors (Lipinski definition) is 0. The highest BCUT2D eigenvalue weighted by Crippen LogP contribution is 2.40. The number of carbonyl (C=O) groups excluding carboxylic acids is 2. The molecule has 2 aliphatic heterocycles. The molecule has 1 aromatic rings. The molecule has 2 heterocycles. The lowest BCUT2D eigenvalue weighted by Crippen LogP contribution is -2.53. The first-order valence-electron chi connectivity index (χ1n) is 9.35. The summed E-state index contributed by atoms with van der Waals surface area (Å²) in [4.78, 5) is 30.6. The molecular weight excluding hydrogens is 314 g/mol. The summed E-state index contributed by atoms with van der Waals surface area (Å²) in [5.74, 6) is 0.483. The van der Waals surface area contributed by atoms with E-state index in [1.165, 1.54) is 0 Å². The zero-order valence-electron chi connectivity index (χ0n) is 15.4. The fourth-order valence-corrected chi connectivity index (χ4v) is 4.11. The zero-order chi connectivity index (χ0) is 17.9. The van der Waals surface area contributed by atoms with Crippen molar-refractivity contribution < 1.29 is 9.59 Å². The molecule has 0 radical (unpaired) electrons. The van der Waals surface area contributed by atoms with Gasteiger partial charge >= 0.3 is 0 Å². The highest BCUT2D eigenvalue weighted by Gasteiger charge is 2.41. The molecule has 5 nitrogen and oxygen atoms in total. The molecule has 2 amide bonds. The number of carbonyl (C=O) groups is 2. The van der Waals surface area contributed by atoms with Gasteiger partial charge in [-0.2, -0.15) is 0 Å². The highest BCUT2D eigenvalue weighted by atomic mass is 16.2. The zero-order valence-corrected chi connectivity index (χ0v) is 15.4. The number of rotatable bonds is 4. The lowest BCUT2D eigenvalue weighted by molar-refractivity contribution is -0.141. The van der Waals surface area contributed by atoms with Crippen LogP contribution in [0.2, 0.25) is 0 Å². The summed E-state index contributed by atoms with van der Waals surface area (Å²) in [6.07, 6.45) is 3.67. The van der Waals surface area contributed by atoms with Gasteiger partial charge in [0, 0.05) is 45.3 Å². The Morgan fingerprint density at radius 1 is 1.16 bits per heavy atom. The van der Waals surface area contributed by atoms with E-state index in [1.54, 1.807) is 0 Å². The number of likely N-dealkylation sites (tertiary alicyclic amines) is 2. The minimum absolute atomic E-state index is 0.195. The number of anilines is 1. The molecule has 0 saturated carbocycles. The van der Waals surface area contributed by atoms with E-state index >= 15 is 0 Å². The molecule has 2 saturated heterocycles. The first-order chi connectivity index (χ1) is 12.0. The standard InChI is InChI=1S/C20H29N3O2/c1-3-22-16-20(10-9-18(22)24)11-13-23(14-12-20)19(25)15-21(2)17-7-5-4-6-8-17/h4-8H,3,9-16H2,1-2H3. The number of hydrogen-bond acceptors (Lipinski definition) is 3. The van der Waals surface area contributed by atoms with Gasteiger partial charge in [-0.1, -0.05) is 18.2 Å². The van der Waals surface area contributed by atoms with Crippen LogP contribution in [-0.2, 0) is 9.59 Å². The van der Waals surface area contributed by atoms with E-state index in [1.807, 2.05) is 52.1 Å². The number of likely N-dealkylation sites (N-methyl/N-ethyl adjacent to an activating group) is 1. The van der Waals surface area contributed by atoms with Crippen LogP contribution in [-0.4, -0.2) is 61.4 Å². The summed E-state index contributed by atoms with van der Waals surface area (Å²) < 4.78 is 0. The van der Waals surface area contributed by atoms with Crippen molar-refractivity contribution in [2.45, 2.75) is 32.6 Å². The third-order valence-electron chi connectivity index (χ3n) is 5.88. The van der Waals surface area contributed by atoms with Gasteiger partial charge in [0.15, 0.2) is 0 Å². The molecule has 1 aromatic carbocycles. The fraction of sp³-hybridized carbons (Fsp3) is 0.600. The Morgan fingerprint density at radius 2 is 1.84 bits per heavy atom. The predicted octanol–water partition coefficient (Wildman–Crippen LogP) is 2.37. The summed E-state index contributed by atoms with van der Waals surface area (Å²) in [5, 5.41) is 0. The lowest BCUT2D eigenvalue weighted by atomic mass is 9.72. The van der Waals surface area contributed by atoms with Crippen molar-refractivity contribution in [1.82, 2.24) is 9.80 Å². The van der Waals surface area contributed by atoms with Gasteiger partial charge in [0.25, 0.3) is 0 Å².